The van der Waals surface area contributed by atoms with Gasteiger partial charge in [0.25, 0.3) is 0 Å². The molecular weight excluding hydrogens is 250 g/mol. The van der Waals surface area contributed by atoms with Gasteiger partial charge in [-0.1, -0.05) is 62.9 Å². The SMILES string of the molecule is CCCCCCC1(c2ccccc2)CCC(=O)NC1=O. The van der Waals surface area contributed by atoms with Gasteiger partial charge < -0.3 is 0 Å². The lowest BCUT2D eigenvalue weighted by Crippen LogP contribution is -2.51. The Bertz CT molecular complexity index is 469. The summed E-state index contributed by atoms with van der Waals surface area (Å²) in [5, 5.41) is 2.53. The normalized spacial score (nSPS) is 22.6. The van der Waals surface area contributed by atoms with Gasteiger partial charge in [-0.15, -0.1) is 0 Å². The zero-order valence-corrected chi connectivity index (χ0v) is 12.2. The van der Waals surface area contributed by atoms with Gasteiger partial charge in [-0.2, -0.15) is 0 Å². The topological polar surface area (TPSA) is 46.2 Å². The highest BCUT2D eigenvalue weighted by Crippen LogP contribution is 2.37. The predicted octanol–water partition coefficient (Wildman–Crippen LogP) is 3.33. The van der Waals surface area contributed by atoms with Gasteiger partial charge in [-0.05, 0) is 18.4 Å². The van der Waals surface area contributed by atoms with Crippen molar-refractivity contribution in [3.8, 4) is 0 Å². The monoisotopic (exact) mass is 273 g/mol. The molecule has 1 heterocycles. The molecule has 1 aliphatic heterocycles. The van der Waals surface area contributed by atoms with Crippen molar-refractivity contribution >= 4 is 11.8 Å². The van der Waals surface area contributed by atoms with Crippen molar-refractivity contribution < 1.29 is 9.59 Å². The molecule has 0 radical (unpaired) electrons. The minimum atomic E-state index is -0.511. The summed E-state index contributed by atoms with van der Waals surface area (Å²) in [7, 11) is 0. The molecule has 1 aliphatic rings. The molecule has 0 aromatic heterocycles. The Labute approximate surface area is 120 Å². The number of benzene rings is 1. The Morgan fingerprint density at radius 2 is 1.85 bits per heavy atom. The lowest BCUT2D eigenvalue weighted by atomic mass is 9.70. The van der Waals surface area contributed by atoms with E-state index < -0.39 is 5.41 Å². The van der Waals surface area contributed by atoms with Crippen LogP contribution in [-0.4, -0.2) is 11.8 Å². The van der Waals surface area contributed by atoms with E-state index in [0.29, 0.717) is 12.8 Å². The van der Waals surface area contributed by atoms with E-state index in [4.69, 9.17) is 0 Å². The van der Waals surface area contributed by atoms with Crippen LogP contribution >= 0.6 is 0 Å². The zero-order valence-electron chi connectivity index (χ0n) is 12.2. The first-order valence-corrected chi connectivity index (χ1v) is 7.59. The maximum absolute atomic E-state index is 12.5. The van der Waals surface area contributed by atoms with Crippen molar-refractivity contribution in [2.45, 2.75) is 57.3 Å². The maximum Gasteiger partial charge on any atom is 0.237 e. The summed E-state index contributed by atoms with van der Waals surface area (Å²) in [4.78, 5) is 23.9. The van der Waals surface area contributed by atoms with E-state index in [-0.39, 0.29) is 11.8 Å². The highest BCUT2D eigenvalue weighted by Gasteiger charge is 2.43. The molecule has 3 nitrogen and oxygen atoms in total. The van der Waals surface area contributed by atoms with Crippen molar-refractivity contribution in [1.29, 1.82) is 0 Å². The van der Waals surface area contributed by atoms with E-state index in [2.05, 4.69) is 12.2 Å². The van der Waals surface area contributed by atoms with E-state index >= 15 is 0 Å². The molecule has 20 heavy (non-hydrogen) atoms. The van der Waals surface area contributed by atoms with Gasteiger partial charge in [-0.3, -0.25) is 14.9 Å². The van der Waals surface area contributed by atoms with Gasteiger partial charge in [0, 0.05) is 6.42 Å². The van der Waals surface area contributed by atoms with Gasteiger partial charge in [0.2, 0.25) is 11.8 Å². The van der Waals surface area contributed by atoms with Crippen LogP contribution in [0.1, 0.15) is 57.4 Å². The molecule has 1 unspecified atom stereocenters. The van der Waals surface area contributed by atoms with Gasteiger partial charge in [0.15, 0.2) is 0 Å². The Balaban J connectivity index is 2.19. The molecule has 108 valence electrons. The van der Waals surface area contributed by atoms with Crippen LogP contribution in [0.2, 0.25) is 0 Å². The third-order valence-electron chi connectivity index (χ3n) is 4.25. The van der Waals surface area contributed by atoms with Crippen LogP contribution in [0.3, 0.4) is 0 Å². The number of rotatable bonds is 6. The van der Waals surface area contributed by atoms with Crippen LogP contribution in [0, 0.1) is 0 Å². The summed E-state index contributed by atoms with van der Waals surface area (Å²) in [6.45, 7) is 2.18. The lowest BCUT2D eigenvalue weighted by molar-refractivity contribution is -0.138. The number of imide groups is 1. The van der Waals surface area contributed by atoms with Crippen molar-refractivity contribution in [3.05, 3.63) is 35.9 Å². The molecule has 1 fully saturated rings. The predicted molar refractivity (Wildman–Crippen MR) is 79.3 cm³/mol. The Morgan fingerprint density at radius 3 is 2.50 bits per heavy atom. The van der Waals surface area contributed by atoms with E-state index in [9.17, 15) is 9.59 Å². The second-order valence-electron chi connectivity index (χ2n) is 5.64. The van der Waals surface area contributed by atoms with Crippen molar-refractivity contribution in [3.63, 3.8) is 0 Å². The number of carbonyl (C=O) groups is 2. The minimum Gasteiger partial charge on any atom is -0.296 e. The number of piperidine rings is 1. The zero-order chi connectivity index (χ0) is 14.4. The molecule has 1 N–H and O–H groups in total. The third kappa shape index (κ3) is 3.09. The average molecular weight is 273 g/mol. The Hall–Kier alpha value is -1.64. The summed E-state index contributed by atoms with van der Waals surface area (Å²) in [5.74, 6) is -0.258. The van der Waals surface area contributed by atoms with Crippen LogP contribution in [0.5, 0.6) is 0 Å². The first kappa shape index (κ1) is 14.8. The fourth-order valence-electron chi connectivity index (χ4n) is 3.02. The number of hydrogen-bond donors (Lipinski definition) is 1. The summed E-state index contributed by atoms with van der Waals surface area (Å²) < 4.78 is 0. The molecule has 1 aromatic carbocycles. The minimum absolute atomic E-state index is 0.114. The number of hydrogen-bond acceptors (Lipinski definition) is 2. The van der Waals surface area contributed by atoms with E-state index in [1.54, 1.807) is 0 Å². The second kappa shape index (κ2) is 6.69. The van der Waals surface area contributed by atoms with Crippen LogP contribution < -0.4 is 5.32 Å². The summed E-state index contributed by atoms with van der Waals surface area (Å²) in [5.41, 5.74) is 0.532. The highest BCUT2D eigenvalue weighted by molar-refractivity contribution is 6.03. The Kier molecular flexibility index (Phi) is 4.94. The first-order valence-electron chi connectivity index (χ1n) is 7.59. The smallest absolute Gasteiger partial charge is 0.237 e. The third-order valence-corrected chi connectivity index (χ3v) is 4.25. The molecule has 2 amide bonds. The number of amides is 2. The Morgan fingerprint density at radius 1 is 1.10 bits per heavy atom. The molecular formula is C17H23NO2. The lowest BCUT2D eigenvalue weighted by Gasteiger charge is -2.36. The molecule has 0 saturated carbocycles. The van der Waals surface area contributed by atoms with Crippen molar-refractivity contribution in [2.24, 2.45) is 0 Å². The molecule has 1 aromatic rings. The number of carbonyl (C=O) groups excluding carboxylic acids is 2. The molecule has 1 atom stereocenters. The van der Waals surface area contributed by atoms with Crippen LogP contribution in [0.25, 0.3) is 0 Å². The molecule has 2 rings (SSSR count). The molecule has 1 saturated heterocycles. The van der Waals surface area contributed by atoms with Crippen LogP contribution in [-0.2, 0) is 15.0 Å². The largest absolute Gasteiger partial charge is 0.296 e. The molecule has 0 spiro atoms. The summed E-state index contributed by atoms with van der Waals surface area (Å²) >= 11 is 0. The van der Waals surface area contributed by atoms with E-state index in [0.717, 1.165) is 24.8 Å². The highest BCUT2D eigenvalue weighted by atomic mass is 16.2. The fraction of sp³-hybridized carbons (Fsp3) is 0.529. The van der Waals surface area contributed by atoms with Gasteiger partial charge in [-0.25, -0.2) is 0 Å². The summed E-state index contributed by atoms with van der Waals surface area (Å²) in [6.07, 6.45) is 6.46. The van der Waals surface area contributed by atoms with Gasteiger partial charge in [0.1, 0.15) is 0 Å². The average Bonchev–Trinajstić information content (AvgIpc) is 2.47. The number of nitrogens with one attached hydrogen (secondary N) is 1. The standard InChI is InChI=1S/C17H23NO2/c1-2-3-4-8-12-17(14-9-6-5-7-10-14)13-11-15(19)18-16(17)20/h5-7,9-10H,2-4,8,11-13H2,1H3,(H,18,19,20). The fourth-order valence-corrected chi connectivity index (χ4v) is 3.02. The number of unbranched alkanes of at least 4 members (excludes halogenated alkanes) is 3. The van der Waals surface area contributed by atoms with Crippen LogP contribution in [0.4, 0.5) is 0 Å². The summed E-state index contributed by atoms with van der Waals surface area (Å²) in [6, 6.07) is 9.91. The van der Waals surface area contributed by atoms with Gasteiger partial charge in [0.05, 0.1) is 5.41 Å². The first-order chi connectivity index (χ1) is 9.69. The molecule has 3 heteroatoms. The second-order valence-corrected chi connectivity index (χ2v) is 5.64. The van der Waals surface area contributed by atoms with E-state index in [1.807, 2.05) is 30.3 Å². The quantitative estimate of drug-likeness (QED) is 0.638. The maximum atomic E-state index is 12.5. The molecule has 0 aliphatic carbocycles. The van der Waals surface area contributed by atoms with Crippen LogP contribution in [0.15, 0.2) is 30.3 Å². The van der Waals surface area contributed by atoms with Crippen molar-refractivity contribution in [1.82, 2.24) is 5.32 Å². The van der Waals surface area contributed by atoms with E-state index in [1.165, 1.54) is 12.8 Å². The molecule has 0 bridgehead atoms. The van der Waals surface area contributed by atoms with Crippen molar-refractivity contribution in [2.75, 3.05) is 0 Å². The van der Waals surface area contributed by atoms with Gasteiger partial charge >= 0.3 is 0 Å².